The van der Waals surface area contributed by atoms with Crippen LogP contribution in [-0.2, 0) is 14.3 Å². The first-order valence-corrected chi connectivity index (χ1v) is 19.1. The van der Waals surface area contributed by atoms with Crippen molar-refractivity contribution in [3.05, 3.63) is 70.6 Å². The van der Waals surface area contributed by atoms with Crippen molar-refractivity contribution >= 4 is 44.9 Å². The van der Waals surface area contributed by atoms with Gasteiger partial charge in [0.05, 0.1) is 11.5 Å². The molecule has 3 aliphatic heterocycles. The first-order valence-electron chi connectivity index (χ1n) is 18.3. The van der Waals surface area contributed by atoms with Crippen LogP contribution in [0.15, 0.2) is 54.6 Å². The largest absolute Gasteiger partial charge is 0.522 e. The minimum absolute atomic E-state index is 0.102. The molecule has 13 heteroatoms. The number of nitrogens with zero attached hydrogens (tertiary/aromatic N) is 3. The number of carbonyl (C=O) groups is 3. The summed E-state index contributed by atoms with van der Waals surface area (Å²) in [5.41, 5.74) is 1.98. The average molecular weight is 742 g/mol. The Morgan fingerprint density at radius 1 is 1.12 bits per heavy atom. The molecule has 3 aromatic rings. The van der Waals surface area contributed by atoms with Gasteiger partial charge in [-0.05, 0) is 87.2 Å². The van der Waals surface area contributed by atoms with Crippen LogP contribution < -0.4 is 5.32 Å². The number of benzene rings is 2. The highest BCUT2D eigenvalue weighted by Gasteiger charge is 2.59. The maximum absolute atomic E-state index is 14.6. The first-order chi connectivity index (χ1) is 24.8. The Kier molecular flexibility index (Phi) is 10.3. The minimum atomic E-state index is -4.69. The molecule has 1 spiro atoms. The second kappa shape index (κ2) is 14.6. The van der Waals surface area contributed by atoms with E-state index < -0.39 is 31.1 Å². The maximum atomic E-state index is 14.6. The molecule has 1 aromatic heterocycles. The van der Waals surface area contributed by atoms with Crippen LogP contribution in [0, 0.1) is 0 Å². The van der Waals surface area contributed by atoms with Gasteiger partial charge in [0.2, 0.25) is 5.71 Å². The van der Waals surface area contributed by atoms with Crippen molar-refractivity contribution in [3.63, 3.8) is 0 Å². The molecule has 3 fully saturated rings. The summed E-state index contributed by atoms with van der Waals surface area (Å²) in [5, 5.41) is 3.72. The highest BCUT2D eigenvalue weighted by molar-refractivity contribution is 7.20. The molecule has 1 N–H and O–H groups in total. The number of thiophene rings is 1. The lowest BCUT2D eigenvalue weighted by molar-refractivity contribution is -0.485. The van der Waals surface area contributed by atoms with Crippen LogP contribution >= 0.6 is 11.3 Å². The SMILES string of the molecule is C[C@@H](F)c1ccc2sc(C(=O)N[C@H]3CC[C@H](N(C)CCCOC(F)(F)F)C[C@H]4CCC(C(=O)N5C[C@H](c6ccccc6)CC56CC6)=[N+]4C3=O)cc2c1. The van der Waals surface area contributed by atoms with Gasteiger partial charge in [-0.3, -0.25) is 14.3 Å². The standard InChI is InChI=1S/C39H44F4N4O4S/c1-24(40)26-9-14-33-27(19-26)20-34(52-33)35(48)44-31-12-10-29(45(2)17-6-18-51-39(41,42)43)21-30-11-13-32(47(30)36(31)49)37(50)46-23-28(22-38(46)15-16-38)25-7-4-3-5-8-25/h3-5,7-9,14,19-20,24,28-31H,6,10-13,15-18,21-23H2,1-2H3/p+1/t24-,28-,29+,30-,31+/m1/s1. The normalized spacial score (nSPS) is 25.1. The molecule has 278 valence electrons. The summed E-state index contributed by atoms with van der Waals surface area (Å²) in [6, 6.07) is 15.8. The van der Waals surface area contributed by atoms with E-state index in [1.54, 1.807) is 28.8 Å². The van der Waals surface area contributed by atoms with Crippen molar-refractivity contribution in [2.45, 2.75) is 107 Å². The maximum Gasteiger partial charge on any atom is 0.522 e. The summed E-state index contributed by atoms with van der Waals surface area (Å²) in [7, 11) is 1.86. The summed E-state index contributed by atoms with van der Waals surface area (Å²) < 4.78 is 58.3. The molecule has 52 heavy (non-hydrogen) atoms. The third-order valence-corrected chi connectivity index (χ3v) is 12.6. The number of alkyl halides is 4. The first kappa shape index (κ1) is 36.7. The van der Waals surface area contributed by atoms with Crippen LogP contribution in [0.5, 0.6) is 0 Å². The molecule has 0 radical (unpaired) electrons. The van der Waals surface area contributed by atoms with Crippen molar-refractivity contribution in [3.8, 4) is 0 Å². The Labute approximate surface area is 304 Å². The fourth-order valence-electron chi connectivity index (χ4n) is 8.54. The van der Waals surface area contributed by atoms with E-state index in [4.69, 9.17) is 0 Å². The molecule has 2 aromatic carbocycles. The quantitative estimate of drug-likeness (QED) is 0.136. The average Bonchev–Trinajstić information content (AvgIpc) is 3.41. The number of likely N-dealkylation sites (tertiary alicyclic amines) is 1. The van der Waals surface area contributed by atoms with Crippen LogP contribution in [0.3, 0.4) is 0 Å². The number of carbonyl (C=O) groups excluding carboxylic acids is 3. The number of nitrogens with one attached hydrogen (secondary N) is 1. The summed E-state index contributed by atoms with van der Waals surface area (Å²) in [6.07, 6.45) is -0.533. The van der Waals surface area contributed by atoms with Crippen LogP contribution in [0.1, 0.15) is 97.6 Å². The number of hydrogen-bond acceptors (Lipinski definition) is 6. The molecule has 0 bridgehead atoms. The number of hydrogen-bond donors (Lipinski definition) is 1. The van der Waals surface area contributed by atoms with Crippen LogP contribution in [0.2, 0.25) is 0 Å². The van der Waals surface area contributed by atoms with E-state index in [-0.39, 0.29) is 41.8 Å². The lowest BCUT2D eigenvalue weighted by atomic mass is 9.93. The predicted octanol–water partition coefficient (Wildman–Crippen LogP) is 7.13. The van der Waals surface area contributed by atoms with E-state index in [1.807, 2.05) is 35.0 Å². The van der Waals surface area contributed by atoms with Gasteiger partial charge < -0.3 is 15.1 Å². The third kappa shape index (κ3) is 7.68. The molecule has 4 aliphatic rings. The zero-order valence-corrected chi connectivity index (χ0v) is 30.3. The van der Waals surface area contributed by atoms with E-state index in [9.17, 15) is 31.9 Å². The summed E-state index contributed by atoms with van der Waals surface area (Å²) in [4.78, 5) is 47.2. The number of fused-ring (bicyclic) bond motifs is 2. The topological polar surface area (TPSA) is 82.0 Å². The Bertz CT molecular complexity index is 1860. The van der Waals surface area contributed by atoms with Gasteiger partial charge in [0.15, 0.2) is 12.1 Å². The molecule has 0 unspecified atom stereocenters. The molecule has 1 saturated carbocycles. The molecule has 8 nitrogen and oxygen atoms in total. The van der Waals surface area contributed by atoms with E-state index in [0.29, 0.717) is 61.3 Å². The zero-order valence-electron chi connectivity index (χ0n) is 29.5. The van der Waals surface area contributed by atoms with Crippen molar-refractivity contribution in [2.24, 2.45) is 0 Å². The van der Waals surface area contributed by atoms with E-state index >= 15 is 0 Å². The Morgan fingerprint density at radius 2 is 1.88 bits per heavy atom. The Balaban J connectivity index is 1.15. The minimum Gasteiger partial charge on any atom is -0.335 e. The molecule has 4 heterocycles. The number of ether oxygens (including phenoxy) is 1. The molecular formula is C39H45F4N4O4S+. The highest BCUT2D eigenvalue weighted by atomic mass is 32.1. The highest BCUT2D eigenvalue weighted by Crippen LogP contribution is 2.54. The van der Waals surface area contributed by atoms with Gasteiger partial charge in [0.1, 0.15) is 6.17 Å². The van der Waals surface area contributed by atoms with Gasteiger partial charge in [0, 0.05) is 54.6 Å². The van der Waals surface area contributed by atoms with Crippen molar-refractivity contribution in [2.75, 3.05) is 26.7 Å². The Morgan fingerprint density at radius 3 is 2.60 bits per heavy atom. The zero-order chi connectivity index (χ0) is 36.8. The molecular weight excluding hydrogens is 697 g/mol. The second-order valence-electron chi connectivity index (χ2n) is 14.9. The third-order valence-electron chi connectivity index (χ3n) is 11.5. The van der Waals surface area contributed by atoms with Gasteiger partial charge in [-0.25, -0.2) is 9.18 Å². The number of halogens is 4. The van der Waals surface area contributed by atoms with Crippen molar-refractivity contribution in [1.82, 2.24) is 15.1 Å². The smallest absolute Gasteiger partial charge is 0.335 e. The van der Waals surface area contributed by atoms with Crippen LogP contribution in [-0.4, -0.2) is 94.6 Å². The van der Waals surface area contributed by atoms with E-state index in [1.165, 1.54) is 23.8 Å². The number of amides is 3. The van der Waals surface area contributed by atoms with Gasteiger partial charge >= 0.3 is 18.2 Å². The lowest BCUT2D eigenvalue weighted by Crippen LogP contribution is -2.53. The summed E-state index contributed by atoms with van der Waals surface area (Å²) >= 11 is 1.26. The predicted molar refractivity (Wildman–Crippen MR) is 190 cm³/mol. The van der Waals surface area contributed by atoms with E-state index in [0.717, 1.165) is 29.3 Å². The fourth-order valence-corrected chi connectivity index (χ4v) is 9.49. The monoisotopic (exact) mass is 741 g/mol. The fraction of sp³-hybridized carbons (Fsp3) is 0.538. The molecule has 3 amide bonds. The van der Waals surface area contributed by atoms with Crippen molar-refractivity contribution in [1.29, 1.82) is 0 Å². The summed E-state index contributed by atoms with van der Waals surface area (Å²) in [5.74, 6) is -0.633. The Hall–Kier alpha value is -3.68. The van der Waals surface area contributed by atoms with E-state index in [2.05, 4.69) is 22.2 Å². The summed E-state index contributed by atoms with van der Waals surface area (Å²) in [6.45, 7) is 1.94. The van der Waals surface area contributed by atoms with Gasteiger partial charge in [0.25, 0.3) is 5.91 Å². The molecule has 7 rings (SSSR count). The van der Waals surface area contributed by atoms with Crippen LogP contribution in [0.4, 0.5) is 17.6 Å². The second-order valence-corrected chi connectivity index (χ2v) is 16.0. The molecule has 5 atom stereocenters. The van der Waals surface area contributed by atoms with Gasteiger partial charge in [-0.15, -0.1) is 24.5 Å². The number of rotatable bonds is 10. The molecule has 1 aliphatic carbocycles. The van der Waals surface area contributed by atoms with Crippen molar-refractivity contribution < 1.29 is 41.3 Å². The van der Waals surface area contributed by atoms with Gasteiger partial charge in [-0.1, -0.05) is 36.4 Å². The van der Waals surface area contributed by atoms with Crippen LogP contribution in [0.25, 0.3) is 10.1 Å². The lowest BCUT2D eigenvalue weighted by Gasteiger charge is -2.32. The van der Waals surface area contributed by atoms with Gasteiger partial charge in [-0.2, -0.15) is 4.58 Å². The molecule has 2 saturated heterocycles.